The molecule has 0 bridgehead atoms. The summed E-state index contributed by atoms with van der Waals surface area (Å²) in [6.45, 7) is 2.18. The minimum Gasteiger partial charge on any atom is -0.449 e. The summed E-state index contributed by atoms with van der Waals surface area (Å²) in [4.78, 5) is 35.1. The number of hydrogen-bond acceptors (Lipinski definition) is 4. The van der Waals surface area contributed by atoms with E-state index >= 15 is 0 Å². The average Bonchev–Trinajstić information content (AvgIpc) is 2.60. The van der Waals surface area contributed by atoms with Crippen molar-refractivity contribution in [1.29, 1.82) is 0 Å². The Kier molecular flexibility index (Phi) is 6.35. The van der Waals surface area contributed by atoms with Crippen LogP contribution in [0.5, 0.6) is 0 Å². The van der Waals surface area contributed by atoms with Crippen molar-refractivity contribution in [2.45, 2.75) is 45.1 Å². The molecule has 0 spiro atoms. The van der Waals surface area contributed by atoms with Crippen LogP contribution in [0.4, 0.5) is 0 Å². The van der Waals surface area contributed by atoms with Gasteiger partial charge in [0.15, 0.2) is 6.10 Å². The van der Waals surface area contributed by atoms with Gasteiger partial charge in [0, 0.05) is 12.1 Å². The second kappa shape index (κ2) is 8.47. The molecule has 3 N–H and O–H groups in total. The standard InChI is InChI=1S/C18H24N2O4/c1-12(17(22)20-11-13-5-3-2-4-6-13)24-18(23)15-9-7-14(8-10-15)16(19)21/h7-10,12-13H,2-6,11H2,1H3,(H2,19,21)(H,20,22). The summed E-state index contributed by atoms with van der Waals surface area (Å²) in [5.74, 6) is -0.939. The number of esters is 1. The molecule has 1 aliphatic carbocycles. The van der Waals surface area contributed by atoms with E-state index in [1.807, 2.05) is 0 Å². The molecule has 0 radical (unpaired) electrons. The molecule has 24 heavy (non-hydrogen) atoms. The first-order valence-electron chi connectivity index (χ1n) is 8.36. The van der Waals surface area contributed by atoms with Gasteiger partial charge >= 0.3 is 5.97 Å². The molecular weight excluding hydrogens is 308 g/mol. The number of benzene rings is 1. The number of ether oxygens (including phenoxy) is 1. The number of carbonyl (C=O) groups excluding carboxylic acids is 3. The van der Waals surface area contributed by atoms with Crippen LogP contribution in [0.15, 0.2) is 24.3 Å². The number of carbonyl (C=O) groups is 3. The maximum atomic E-state index is 12.0. The van der Waals surface area contributed by atoms with E-state index in [1.165, 1.54) is 43.5 Å². The Bertz CT molecular complexity index is 592. The molecule has 0 heterocycles. The zero-order valence-corrected chi connectivity index (χ0v) is 13.9. The topological polar surface area (TPSA) is 98.5 Å². The molecule has 1 aromatic carbocycles. The lowest BCUT2D eigenvalue weighted by atomic mass is 9.89. The highest BCUT2D eigenvalue weighted by Crippen LogP contribution is 2.22. The lowest BCUT2D eigenvalue weighted by Gasteiger charge is -2.22. The molecule has 1 fully saturated rings. The minimum absolute atomic E-state index is 0.270. The molecule has 1 unspecified atom stereocenters. The van der Waals surface area contributed by atoms with Gasteiger partial charge in [-0.25, -0.2) is 4.79 Å². The monoisotopic (exact) mass is 332 g/mol. The van der Waals surface area contributed by atoms with Gasteiger partial charge in [-0.1, -0.05) is 19.3 Å². The fourth-order valence-electron chi connectivity index (χ4n) is 2.83. The van der Waals surface area contributed by atoms with Gasteiger partial charge in [0.2, 0.25) is 5.91 Å². The van der Waals surface area contributed by atoms with Gasteiger partial charge in [-0.15, -0.1) is 0 Å². The fraction of sp³-hybridized carbons (Fsp3) is 0.500. The van der Waals surface area contributed by atoms with Crippen molar-refractivity contribution < 1.29 is 19.1 Å². The van der Waals surface area contributed by atoms with Crippen LogP contribution in [-0.2, 0) is 9.53 Å². The van der Waals surface area contributed by atoms with Crippen LogP contribution in [-0.4, -0.2) is 30.4 Å². The van der Waals surface area contributed by atoms with Crippen molar-refractivity contribution in [3.8, 4) is 0 Å². The van der Waals surface area contributed by atoms with Crippen molar-refractivity contribution in [1.82, 2.24) is 5.32 Å². The fourth-order valence-corrected chi connectivity index (χ4v) is 2.83. The lowest BCUT2D eigenvalue weighted by molar-refractivity contribution is -0.129. The smallest absolute Gasteiger partial charge is 0.338 e. The molecule has 2 rings (SSSR count). The number of hydrogen-bond donors (Lipinski definition) is 2. The molecule has 6 heteroatoms. The van der Waals surface area contributed by atoms with E-state index in [0.717, 1.165) is 12.8 Å². The number of nitrogens with one attached hydrogen (secondary N) is 1. The third-order valence-corrected chi connectivity index (χ3v) is 4.35. The van der Waals surface area contributed by atoms with E-state index in [4.69, 9.17) is 10.5 Å². The van der Waals surface area contributed by atoms with Crippen LogP contribution in [0, 0.1) is 5.92 Å². The Labute approximate surface area is 141 Å². The van der Waals surface area contributed by atoms with E-state index in [1.54, 1.807) is 6.92 Å². The van der Waals surface area contributed by atoms with Gasteiger partial charge in [0.25, 0.3) is 5.91 Å². The molecule has 0 aromatic heterocycles. The summed E-state index contributed by atoms with van der Waals surface area (Å²) in [7, 11) is 0. The second-order valence-corrected chi connectivity index (χ2v) is 6.24. The third-order valence-electron chi connectivity index (χ3n) is 4.35. The largest absolute Gasteiger partial charge is 0.449 e. The average molecular weight is 332 g/mol. The number of primary amides is 1. The van der Waals surface area contributed by atoms with Gasteiger partial charge < -0.3 is 15.8 Å². The molecule has 1 atom stereocenters. The molecule has 0 saturated heterocycles. The molecule has 130 valence electrons. The Balaban J connectivity index is 1.81. The van der Waals surface area contributed by atoms with Crippen molar-refractivity contribution in [2.24, 2.45) is 11.7 Å². The summed E-state index contributed by atoms with van der Waals surface area (Å²) in [6, 6.07) is 5.81. The normalized spacial score (nSPS) is 16.2. The Morgan fingerprint density at radius 1 is 1.12 bits per heavy atom. The molecule has 2 amide bonds. The first kappa shape index (κ1) is 18.0. The van der Waals surface area contributed by atoms with Crippen LogP contribution in [0.3, 0.4) is 0 Å². The first-order chi connectivity index (χ1) is 11.5. The van der Waals surface area contributed by atoms with E-state index in [-0.39, 0.29) is 11.5 Å². The summed E-state index contributed by atoms with van der Waals surface area (Å²) in [5, 5.41) is 2.86. The quantitative estimate of drug-likeness (QED) is 0.779. The number of rotatable bonds is 6. The van der Waals surface area contributed by atoms with Crippen LogP contribution in [0.1, 0.15) is 59.7 Å². The van der Waals surface area contributed by atoms with E-state index < -0.39 is 18.0 Å². The molecule has 1 aromatic rings. The first-order valence-corrected chi connectivity index (χ1v) is 8.36. The van der Waals surface area contributed by atoms with Crippen molar-refractivity contribution in [3.63, 3.8) is 0 Å². The van der Waals surface area contributed by atoms with E-state index in [2.05, 4.69) is 5.32 Å². The molecular formula is C18H24N2O4. The molecule has 6 nitrogen and oxygen atoms in total. The second-order valence-electron chi connectivity index (χ2n) is 6.24. The molecule has 1 aliphatic rings. The number of amides is 2. The zero-order valence-electron chi connectivity index (χ0n) is 13.9. The highest BCUT2D eigenvalue weighted by Gasteiger charge is 2.21. The van der Waals surface area contributed by atoms with Crippen molar-refractivity contribution in [3.05, 3.63) is 35.4 Å². The minimum atomic E-state index is -0.864. The highest BCUT2D eigenvalue weighted by atomic mass is 16.5. The van der Waals surface area contributed by atoms with Crippen LogP contribution >= 0.6 is 0 Å². The third kappa shape index (κ3) is 5.08. The summed E-state index contributed by atoms with van der Waals surface area (Å²) in [5.41, 5.74) is 5.73. The van der Waals surface area contributed by atoms with Crippen LogP contribution in [0.2, 0.25) is 0 Å². The van der Waals surface area contributed by atoms with Crippen molar-refractivity contribution >= 4 is 17.8 Å². The Morgan fingerprint density at radius 2 is 1.71 bits per heavy atom. The van der Waals surface area contributed by atoms with Gasteiger partial charge in [-0.05, 0) is 49.9 Å². The summed E-state index contributed by atoms with van der Waals surface area (Å²) >= 11 is 0. The zero-order chi connectivity index (χ0) is 17.5. The lowest BCUT2D eigenvalue weighted by Crippen LogP contribution is -2.38. The van der Waals surface area contributed by atoms with E-state index in [0.29, 0.717) is 18.0 Å². The Morgan fingerprint density at radius 3 is 2.29 bits per heavy atom. The van der Waals surface area contributed by atoms with Gasteiger partial charge in [-0.3, -0.25) is 9.59 Å². The van der Waals surface area contributed by atoms with Gasteiger partial charge in [0.1, 0.15) is 0 Å². The van der Waals surface area contributed by atoms with Crippen LogP contribution in [0.25, 0.3) is 0 Å². The maximum Gasteiger partial charge on any atom is 0.338 e. The predicted octanol–water partition coefficient (Wildman–Crippen LogP) is 2.03. The highest BCUT2D eigenvalue weighted by molar-refractivity contribution is 5.96. The van der Waals surface area contributed by atoms with Crippen molar-refractivity contribution in [2.75, 3.05) is 6.54 Å². The van der Waals surface area contributed by atoms with Crippen LogP contribution < -0.4 is 11.1 Å². The van der Waals surface area contributed by atoms with Gasteiger partial charge in [-0.2, -0.15) is 0 Å². The maximum absolute atomic E-state index is 12.0. The summed E-state index contributed by atoms with van der Waals surface area (Å²) in [6.07, 6.45) is 5.12. The molecule has 0 aliphatic heterocycles. The van der Waals surface area contributed by atoms with Gasteiger partial charge in [0.05, 0.1) is 5.56 Å². The summed E-state index contributed by atoms with van der Waals surface area (Å²) < 4.78 is 5.17. The number of nitrogens with two attached hydrogens (primary N) is 1. The Hall–Kier alpha value is -2.37. The predicted molar refractivity (Wildman–Crippen MR) is 89.4 cm³/mol. The molecule has 1 saturated carbocycles. The van der Waals surface area contributed by atoms with E-state index in [9.17, 15) is 14.4 Å². The SMILES string of the molecule is CC(OC(=O)c1ccc(C(N)=O)cc1)C(=O)NCC1CCCCC1.